The number of anilines is 1. The molecule has 0 radical (unpaired) electrons. The van der Waals surface area contributed by atoms with E-state index in [0.717, 1.165) is 10.9 Å². The van der Waals surface area contributed by atoms with Gasteiger partial charge in [0, 0.05) is 23.1 Å². The first-order chi connectivity index (χ1) is 14.8. The minimum atomic E-state index is -4.13. The summed E-state index contributed by atoms with van der Waals surface area (Å²) in [7, 11) is -4.13. The van der Waals surface area contributed by atoms with Crippen LogP contribution in [0.15, 0.2) is 52.7 Å². The number of hydrogen-bond donors (Lipinski definition) is 0. The average Bonchev–Trinajstić information content (AvgIpc) is 3.26. The number of nitro groups is 1. The summed E-state index contributed by atoms with van der Waals surface area (Å²) >= 11 is 1.43. The van der Waals surface area contributed by atoms with Gasteiger partial charge in [0.15, 0.2) is 11.5 Å². The van der Waals surface area contributed by atoms with Gasteiger partial charge in [-0.3, -0.25) is 14.4 Å². The predicted molar refractivity (Wildman–Crippen MR) is 118 cm³/mol. The highest BCUT2D eigenvalue weighted by Crippen LogP contribution is 2.38. The van der Waals surface area contributed by atoms with E-state index in [0.29, 0.717) is 41.5 Å². The molecule has 3 aromatic rings. The Hall–Kier alpha value is -3.11. The van der Waals surface area contributed by atoms with Gasteiger partial charge in [-0.1, -0.05) is 6.07 Å². The van der Waals surface area contributed by atoms with Crippen LogP contribution in [0.25, 0.3) is 0 Å². The van der Waals surface area contributed by atoms with Crippen molar-refractivity contribution in [3.63, 3.8) is 0 Å². The minimum Gasteiger partial charge on any atom is -0.486 e. The Kier molecular flexibility index (Phi) is 5.59. The fourth-order valence-electron chi connectivity index (χ4n) is 3.35. The number of ether oxygens (including phenoxy) is 2. The standard InChI is InChI=1S/C21H20N2O6S2/c1-14-10-17(23(24)25)12-21(15(14)2)31(26,27)22(13-18-4-3-9-30-18)16-5-6-19-20(11-16)29-8-7-28-19/h3-6,9-12H,7-8,13H2,1-2H3. The molecule has 0 unspecified atom stereocenters. The highest BCUT2D eigenvalue weighted by Gasteiger charge is 2.30. The fraction of sp³-hybridized carbons (Fsp3) is 0.238. The number of non-ortho nitro benzene ring substituents is 1. The monoisotopic (exact) mass is 460 g/mol. The molecule has 0 N–H and O–H groups in total. The van der Waals surface area contributed by atoms with Crippen molar-refractivity contribution in [2.75, 3.05) is 17.5 Å². The van der Waals surface area contributed by atoms with Crippen LogP contribution in [-0.2, 0) is 16.6 Å². The molecule has 2 aromatic carbocycles. The van der Waals surface area contributed by atoms with E-state index in [2.05, 4.69) is 0 Å². The van der Waals surface area contributed by atoms with Gasteiger partial charge in [0.25, 0.3) is 15.7 Å². The summed E-state index contributed by atoms with van der Waals surface area (Å²) in [6, 6.07) is 11.1. The Morgan fingerprint density at radius 2 is 1.84 bits per heavy atom. The maximum absolute atomic E-state index is 13.8. The van der Waals surface area contributed by atoms with E-state index in [1.807, 2.05) is 17.5 Å². The average molecular weight is 461 g/mol. The molecule has 0 saturated heterocycles. The number of hydrogen-bond acceptors (Lipinski definition) is 7. The summed E-state index contributed by atoms with van der Waals surface area (Å²) in [5.74, 6) is 1.01. The normalized spacial score (nSPS) is 13.1. The molecule has 0 fully saturated rings. The zero-order valence-corrected chi connectivity index (χ0v) is 18.5. The number of aryl methyl sites for hydroxylation is 1. The van der Waals surface area contributed by atoms with Gasteiger partial charge in [-0.25, -0.2) is 8.42 Å². The molecule has 0 atom stereocenters. The number of sulfonamides is 1. The number of thiophene rings is 1. The Bertz CT molecular complexity index is 1240. The quantitative estimate of drug-likeness (QED) is 0.398. The molecule has 0 bridgehead atoms. The van der Waals surface area contributed by atoms with Crippen molar-refractivity contribution in [2.45, 2.75) is 25.3 Å². The molecule has 2 heterocycles. The van der Waals surface area contributed by atoms with Gasteiger partial charge in [-0.2, -0.15) is 0 Å². The SMILES string of the molecule is Cc1cc([N+](=O)[O-])cc(S(=O)(=O)N(Cc2cccs2)c2ccc3c(c2)OCCO3)c1C. The first-order valence-electron chi connectivity index (χ1n) is 9.48. The Morgan fingerprint density at radius 1 is 1.10 bits per heavy atom. The first-order valence-corrected chi connectivity index (χ1v) is 11.8. The summed E-state index contributed by atoms with van der Waals surface area (Å²) in [5.41, 5.74) is 1.13. The van der Waals surface area contributed by atoms with Gasteiger partial charge < -0.3 is 9.47 Å². The molecule has 1 aromatic heterocycles. The van der Waals surface area contributed by atoms with Crippen molar-refractivity contribution < 1.29 is 22.8 Å². The molecular weight excluding hydrogens is 440 g/mol. The molecule has 10 heteroatoms. The maximum Gasteiger partial charge on any atom is 0.271 e. The lowest BCUT2D eigenvalue weighted by molar-refractivity contribution is -0.385. The Balaban J connectivity index is 1.87. The highest BCUT2D eigenvalue weighted by atomic mass is 32.2. The second-order valence-electron chi connectivity index (χ2n) is 7.06. The van der Waals surface area contributed by atoms with Crippen LogP contribution < -0.4 is 13.8 Å². The summed E-state index contributed by atoms with van der Waals surface area (Å²) < 4.78 is 40.0. The van der Waals surface area contributed by atoms with Gasteiger partial charge in [0.1, 0.15) is 13.2 Å². The summed E-state index contributed by atoms with van der Waals surface area (Å²) in [6.07, 6.45) is 0. The van der Waals surface area contributed by atoms with Crippen molar-refractivity contribution in [3.8, 4) is 11.5 Å². The molecule has 0 amide bonds. The third-order valence-electron chi connectivity index (χ3n) is 5.08. The van der Waals surface area contributed by atoms with Gasteiger partial charge in [-0.15, -0.1) is 11.3 Å². The Labute approximate surface area is 183 Å². The van der Waals surface area contributed by atoms with Crippen LogP contribution in [0.1, 0.15) is 16.0 Å². The van der Waals surface area contributed by atoms with E-state index in [4.69, 9.17) is 9.47 Å². The predicted octanol–water partition coefficient (Wildman–Crippen LogP) is 4.44. The fourth-order valence-corrected chi connectivity index (χ4v) is 5.88. The lowest BCUT2D eigenvalue weighted by Crippen LogP contribution is -2.31. The number of benzene rings is 2. The minimum absolute atomic E-state index is 0.0842. The number of nitro benzene ring substituents is 1. The molecule has 162 valence electrons. The third kappa shape index (κ3) is 4.08. The van der Waals surface area contributed by atoms with Crippen molar-refractivity contribution in [1.82, 2.24) is 0 Å². The van der Waals surface area contributed by atoms with Gasteiger partial charge in [-0.05, 0) is 48.6 Å². The molecule has 1 aliphatic rings. The van der Waals surface area contributed by atoms with Gasteiger partial charge in [0.2, 0.25) is 0 Å². The van der Waals surface area contributed by atoms with Crippen LogP contribution in [0.5, 0.6) is 11.5 Å². The number of rotatable bonds is 6. The largest absolute Gasteiger partial charge is 0.486 e. The third-order valence-corrected chi connectivity index (χ3v) is 7.84. The molecule has 31 heavy (non-hydrogen) atoms. The van der Waals surface area contributed by atoms with Gasteiger partial charge in [0.05, 0.1) is 22.1 Å². The number of nitrogens with zero attached hydrogens (tertiary/aromatic N) is 2. The smallest absolute Gasteiger partial charge is 0.271 e. The highest BCUT2D eigenvalue weighted by molar-refractivity contribution is 7.92. The summed E-state index contributed by atoms with van der Waals surface area (Å²) in [6.45, 7) is 4.20. The second kappa shape index (κ2) is 8.20. The molecule has 8 nitrogen and oxygen atoms in total. The van der Waals surface area contributed by atoms with Gasteiger partial charge >= 0.3 is 0 Å². The molecule has 0 saturated carbocycles. The van der Waals surface area contributed by atoms with E-state index < -0.39 is 14.9 Å². The first kappa shape index (κ1) is 21.1. The summed E-state index contributed by atoms with van der Waals surface area (Å²) in [5, 5.41) is 13.2. The van der Waals surface area contributed by atoms with E-state index in [1.54, 1.807) is 32.0 Å². The van der Waals surface area contributed by atoms with Crippen LogP contribution in [0.3, 0.4) is 0 Å². The van der Waals surface area contributed by atoms with E-state index in [-0.39, 0.29) is 17.1 Å². The molecule has 1 aliphatic heterocycles. The lowest BCUT2D eigenvalue weighted by Gasteiger charge is -2.27. The maximum atomic E-state index is 13.8. The summed E-state index contributed by atoms with van der Waals surface area (Å²) in [4.78, 5) is 11.5. The zero-order chi connectivity index (χ0) is 22.2. The van der Waals surface area contributed by atoms with Crippen LogP contribution >= 0.6 is 11.3 Å². The van der Waals surface area contributed by atoms with Crippen LogP contribution in [0.4, 0.5) is 11.4 Å². The van der Waals surface area contributed by atoms with Crippen molar-refractivity contribution in [2.24, 2.45) is 0 Å². The molecule has 0 spiro atoms. The van der Waals surface area contributed by atoms with Crippen LogP contribution in [0.2, 0.25) is 0 Å². The van der Waals surface area contributed by atoms with Crippen molar-refractivity contribution >= 4 is 32.7 Å². The second-order valence-corrected chi connectivity index (χ2v) is 9.92. The molecular formula is C21H20N2O6S2. The molecule has 0 aliphatic carbocycles. The van der Waals surface area contributed by atoms with Crippen molar-refractivity contribution in [3.05, 3.63) is 74.0 Å². The van der Waals surface area contributed by atoms with Crippen molar-refractivity contribution in [1.29, 1.82) is 0 Å². The molecule has 4 rings (SSSR count). The van der Waals surface area contributed by atoms with E-state index >= 15 is 0 Å². The zero-order valence-electron chi connectivity index (χ0n) is 16.9. The van der Waals surface area contributed by atoms with E-state index in [9.17, 15) is 18.5 Å². The van der Waals surface area contributed by atoms with Crippen LogP contribution in [0, 0.1) is 24.0 Å². The topological polar surface area (TPSA) is 99.0 Å². The number of fused-ring (bicyclic) bond motifs is 1. The van der Waals surface area contributed by atoms with E-state index in [1.165, 1.54) is 21.7 Å². The van der Waals surface area contributed by atoms with Crippen LogP contribution in [-0.4, -0.2) is 26.6 Å². The Morgan fingerprint density at radius 3 is 2.52 bits per heavy atom. The lowest BCUT2D eigenvalue weighted by atomic mass is 10.1.